The van der Waals surface area contributed by atoms with Crippen LogP contribution in [0.5, 0.6) is 0 Å². The summed E-state index contributed by atoms with van der Waals surface area (Å²) >= 11 is 0. The summed E-state index contributed by atoms with van der Waals surface area (Å²) in [6, 6.07) is 12.3. The molecule has 0 saturated heterocycles. The van der Waals surface area contributed by atoms with E-state index in [2.05, 4.69) is 4.72 Å². The molecular weight excluding hydrogens is 360 g/mol. The molecule has 2 aromatic carbocycles. The summed E-state index contributed by atoms with van der Waals surface area (Å²) < 4.78 is 52.9. The van der Waals surface area contributed by atoms with Gasteiger partial charge in [0.25, 0.3) is 10.0 Å². The molecule has 0 unspecified atom stereocenters. The van der Waals surface area contributed by atoms with Crippen LogP contribution in [-0.4, -0.2) is 35.2 Å². The van der Waals surface area contributed by atoms with E-state index in [-0.39, 0.29) is 15.5 Å². The predicted octanol–water partition coefficient (Wildman–Crippen LogP) is 2.86. The molecule has 0 spiro atoms. The van der Waals surface area contributed by atoms with Crippen LogP contribution in [0.15, 0.2) is 58.3 Å². The predicted molar refractivity (Wildman–Crippen MR) is 98.7 cm³/mol. The van der Waals surface area contributed by atoms with E-state index in [9.17, 15) is 16.8 Å². The van der Waals surface area contributed by atoms with Gasteiger partial charge in [-0.15, -0.1) is 0 Å². The molecule has 136 valence electrons. The lowest BCUT2D eigenvalue weighted by atomic mass is 10.0. The van der Waals surface area contributed by atoms with Crippen LogP contribution in [0.2, 0.25) is 0 Å². The molecule has 25 heavy (non-hydrogen) atoms. The van der Waals surface area contributed by atoms with Crippen molar-refractivity contribution in [3.63, 3.8) is 0 Å². The number of sulfonamides is 2. The van der Waals surface area contributed by atoms with E-state index in [1.807, 2.05) is 13.8 Å². The second kappa shape index (κ2) is 7.15. The van der Waals surface area contributed by atoms with Crippen molar-refractivity contribution in [2.24, 2.45) is 0 Å². The molecule has 0 saturated carbocycles. The zero-order valence-corrected chi connectivity index (χ0v) is 16.2. The lowest BCUT2D eigenvalue weighted by molar-refractivity contribution is 0.521. The molecule has 0 fully saturated rings. The molecule has 0 heterocycles. The average Bonchev–Trinajstić information content (AvgIpc) is 2.54. The lowest BCUT2D eigenvalue weighted by Crippen LogP contribution is -2.22. The van der Waals surface area contributed by atoms with Gasteiger partial charge in [0.2, 0.25) is 10.0 Å². The smallest absolute Gasteiger partial charge is 0.261 e. The summed E-state index contributed by atoms with van der Waals surface area (Å²) in [6.45, 7) is 4.05. The summed E-state index contributed by atoms with van der Waals surface area (Å²) in [6.07, 6.45) is 0. The molecule has 8 heteroatoms. The normalized spacial score (nSPS) is 12.6. The number of rotatable bonds is 6. The van der Waals surface area contributed by atoms with Gasteiger partial charge in [0.15, 0.2) is 0 Å². The van der Waals surface area contributed by atoms with E-state index in [0.29, 0.717) is 5.92 Å². The van der Waals surface area contributed by atoms with Crippen molar-refractivity contribution < 1.29 is 16.8 Å². The Balaban J connectivity index is 2.32. The molecule has 6 nitrogen and oxygen atoms in total. The van der Waals surface area contributed by atoms with Crippen molar-refractivity contribution >= 4 is 25.7 Å². The van der Waals surface area contributed by atoms with Crippen LogP contribution in [0, 0.1) is 0 Å². The lowest BCUT2D eigenvalue weighted by Gasteiger charge is -2.13. The van der Waals surface area contributed by atoms with Gasteiger partial charge in [0, 0.05) is 14.1 Å². The molecule has 0 aliphatic heterocycles. The van der Waals surface area contributed by atoms with Crippen LogP contribution in [0.3, 0.4) is 0 Å². The summed E-state index contributed by atoms with van der Waals surface area (Å²) in [4.78, 5) is 0.144. The molecule has 2 aromatic rings. The number of hydrogen-bond donors (Lipinski definition) is 1. The van der Waals surface area contributed by atoms with Gasteiger partial charge in [-0.3, -0.25) is 4.72 Å². The maximum atomic E-state index is 12.5. The van der Waals surface area contributed by atoms with Crippen LogP contribution in [-0.2, 0) is 20.0 Å². The van der Waals surface area contributed by atoms with Crippen molar-refractivity contribution in [1.29, 1.82) is 0 Å². The minimum Gasteiger partial charge on any atom is -0.280 e. The molecule has 0 amide bonds. The van der Waals surface area contributed by atoms with Gasteiger partial charge in [0.05, 0.1) is 15.5 Å². The van der Waals surface area contributed by atoms with Crippen LogP contribution < -0.4 is 4.72 Å². The van der Waals surface area contributed by atoms with Crippen molar-refractivity contribution in [3.05, 3.63) is 54.1 Å². The number of benzene rings is 2. The molecule has 0 aliphatic carbocycles. The molecule has 0 atom stereocenters. The standard InChI is InChI=1S/C17H22N2O4S2/c1-13(2)14-8-10-16(11-9-14)24(20,21)18-15-6-5-7-17(12-15)25(22,23)19(3)4/h5-13,18H,1-4H3. The van der Waals surface area contributed by atoms with Crippen molar-refractivity contribution in [2.45, 2.75) is 29.6 Å². The monoisotopic (exact) mass is 382 g/mol. The van der Waals surface area contributed by atoms with Crippen LogP contribution in [0.25, 0.3) is 0 Å². The van der Waals surface area contributed by atoms with Crippen molar-refractivity contribution in [3.8, 4) is 0 Å². The van der Waals surface area contributed by atoms with Gasteiger partial charge in [-0.05, 0) is 41.8 Å². The largest absolute Gasteiger partial charge is 0.280 e. The first-order valence-electron chi connectivity index (χ1n) is 7.69. The van der Waals surface area contributed by atoms with Crippen LogP contribution >= 0.6 is 0 Å². The molecule has 2 rings (SSSR count). The first kappa shape index (κ1) is 19.4. The number of hydrogen-bond acceptors (Lipinski definition) is 4. The quantitative estimate of drug-likeness (QED) is 0.833. The van der Waals surface area contributed by atoms with E-state index >= 15 is 0 Å². The Morgan fingerprint density at radius 3 is 2.00 bits per heavy atom. The zero-order valence-electron chi connectivity index (χ0n) is 14.6. The second-order valence-electron chi connectivity index (χ2n) is 6.14. The highest BCUT2D eigenvalue weighted by atomic mass is 32.2. The van der Waals surface area contributed by atoms with Gasteiger partial charge in [-0.25, -0.2) is 21.1 Å². The van der Waals surface area contributed by atoms with Crippen LogP contribution in [0.1, 0.15) is 25.3 Å². The second-order valence-corrected chi connectivity index (χ2v) is 9.98. The van der Waals surface area contributed by atoms with Gasteiger partial charge in [0.1, 0.15) is 0 Å². The first-order chi connectivity index (χ1) is 11.5. The third-order valence-electron chi connectivity index (χ3n) is 3.72. The minimum atomic E-state index is -3.80. The third-order valence-corrected chi connectivity index (χ3v) is 6.93. The highest BCUT2D eigenvalue weighted by Crippen LogP contribution is 2.22. The molecule has 0 aromatic heterocycles. The van der Waals surface area contributed by atoms with Gasteiger partial charge in [-0.1, -0.05) is 32.0 Å². The Labute approximate surface area is 149 Å². The fourth-order valence-electron chi connectivity index (χ4n) is 2.18. The van der Waals surface area contributed by atoms with Gasteiger partial charge in [-0.2, -0.15) is 0 Å². The molecule has 0 bridgehead atoms. The van der Waals surface area contributed by atoms with E-state index in [0.717, 1.165) is 9.87 Å². The van der Waals surface area contributed by atoms with E-state index in [4.69, 9.17) is 0 Å². The average molecular weight is 383 g/mol. The fraction of sp³-hybridized carbons (Fsp3) is 0.294. The third kappa shape index (κ3) is 4.39. The maximum absolute atomic E-state index is 12.5. The fourth-order valence-corrected chi connectivity index (χ4v) is 4.17. The van der Waals surface area contributed by atoms with E-state index < -0.39 is 20.0 Å². The summed E-state index contributed by atoms with van der Waals surface area (Å²) in [5.41, 5.74) is 1.23. The van der Waals surface area contributed by atoms with Gasteiger partial charge < -0.3 is 0 Å². The topological polar surface area (TPSA) is 83.5 Å². The molecule has 1 N–H and O–H groups in total. The first-order valence-corrected chi connectivity index (χ1v) is 10.6. The SMILES string of the molecule is CC(C)c1ccc(S(=O)(=O)Nc2cccc(S(=O)(=O)N(C)C)c2)cc1. The Morgan fingerprint density at radius 2 is 1.48 bits per heavy atom. The van der Waals surface area contributed by atoms with E-state index in [1.165, 1.54) is 50.5 Å². The van der Waals surface area contributed by atoms with Gasteiger partial charge >= 0.3 is 0 Å². The van der Waals surface area contributed by atoms with Crippen molar-refractivity contribution in [2.75, 3.05) is 18.8 Å². The summed E-state index contributed by atoms with van der Waals surface area (Å²) in [7, 11) is -4.59. The Hall–Kier alpha value is -1.90. The highest BCUT2D eigenvalue weighted by molar-refractivity contribution is 7.92. The maximum Gasteiger partial charge on any atom is 0.261 e. The number of nitrogens with one attached hydrogen (secondary N) is 1. The summed E-state index contributed by atoms with van der Waals surface area (Å²) in [5.74, 6) is 0.303. The Morgan fingerprint density at radius 1 is 0.880 bits per heavy atom. The zero-order chi connectivity index (χ0) is 18.8. The molecular formula is C17H22N2O4S2. The Bertz CT molecular complexity index is 948. The summed E-state index contributed by atoms with van der Waals surface area (Å²) in [5, 5.41) is 0. The minimum absolute atomic E-state index is 0.0212. The number of nitrogens with zero attached hydrogens (tertiary/aromatic N) is 1. The van der Waals surface area contributed by atoms with Crippen molar-refractivity contribution in [1.82, 2.24) is 4.31 Å². The van der Waals surface area contributed by atoms with E-state index in [1.54, 1.807) is 12.1 Å². The Kier molecular flexibility index (Phi) is 5.55. The molecule has 0 radical (unpaired) electrons. The van der Waals surface area contributed by atoms with Crippen LogP contribution in [0.4, 0.5) is 5.69 Å². The molecule has 0 aliphatic rings. The highest BCUT2D eigenvalue weighted by Gasteiger charge is 2.19. The number of anilines is 1.